The first kappa shape index (κ1) is 18.3. The van der Waals surface area contributed by atoms with E-state index in [4.69, 9.17) is 9.47 Å². The standard InChI is InChI=1S/C21H25N5O2/c1-16-12-20(24-21(23-16)26-10-3-4-11-26)25(2)9-5-8-22-14-17-6-7-18-19(13-17)28-15-27-18/h3-4,6-7,10-13,22H,5,8-9,14-15H2,1-2H3. The van der Waals surface area contributed by atoms with Crippen LogP contribution in [0.1, 0.15) is 17.7 Å². The molecule has 1 aliphatic rings. The van der Waals surface area contributed by atoms with Gasteiger partial charge in [0.2, 0.25) is 12.7 Å². The third kappa shape index (κ3) is 4.26. The summed E-state index contributed by atoms with van der Waals surface area (Å²) in [5.74, 6) is 3.29. The number of hydrogen-bond acceptors (Lipinski definition) is 6. The quantitative estimate of drug-likeness (QED) is 0.607. The second-order valence-corrected chi connectivity index (χ2v) is 6.90. The number of hydrogen-bond donors (Lipinski definition) is 1. The Balaban J connectivity index is 1.26. The molecular weight excluding hydrogens is 354 g/mol. The van der Waals surface area contributed by atoms with Crippen LogP contribution in [-0.2, 0) is 6.54 Å². The molecule has 0 amide bonds. The molecule has 1 aliphatic heterocycles. The van der Waals surface area contributed by atoms with E-state index in [0.29, 0.717) is 12.7 Å². The molecular formula is C21H25N5O2. The molecule has 7 nitrogen and oxygen atoms in total. The number of benzene rings is 1. The van der Waals surface area contributed by atoms with Crippen molar-refractivity contribution >= 4 is 5.82 Å². The number of aryl methyl sites for hydroxylation is 1. The summed E-state index contributed by atoms with van der Waals surface area (Å²) in [6, 6.07) is 12.0. The maximum absolute atomic E-state index is 5.42. The number of fused-ring (bicyclic) bond motifs is 1. The molecule has 0 saturated heterocycles. The number of aromatic nitrogens is 3. The van der Waals surface area contributed by atoms with E-state index >= 15 is 0 Å². The highest BCUT2D eigenvalue weighted by molar-refractivity contribution is 5.44. The van der Waals surface area contributed by atoms with Crippen LogP contribution < -0.4 is 19.7 Å². The monoisotopic (exact) mass is 379 g/mol. The summed E-state index contributed by atoms with van der Waals surface area (Å²) in [7, 11) is 2.07. The first-order chi connectivity index (χ1) is 13.7. The summed E-state index contributed by atoms with van der Waals surface area (Å²) in [4.78, 5) is 11.4. The van der Waals surface area contributed by atoms with Gasteiger partial charge in [0, 0.05) is 44.3 Å². The number of rotatable bonds is 8. The highest BCUT2D eigenvalue weighted by atomic mass is 16.7. The van der Waals surface area contributed by atoms with Crippen molar-refractivity contribution in [2.45, 2.75) is 19.9 Å². The smallest absolute Gasteiger partial charge is 0.235 e. The molecule has 7 heteroatoms. The van der Waals surface area contributed by atoms with Gasteiger partial charge in [-0.1, -0.05) is 6.07 Å². The van der Waals surface area contributed by atoms with Crippen LogP contribution in [0, 0.1) is 6.92 Å². The zero-order chi connectivity index (χ0) is 19.3. The maximum atomic E-state index is 5.42. The van der Waals surface area contributed by atoms with Gasteiger partial charge in [0.25, 0.3) is 0 Å². The minimum Gasteiger partial charge on any atom is -0.454 e. The van der Waals surface area contributed by atoms with Crippen LogP contribution >= 0.6 is 0 Å². The van der Waals surface area contributed by atoms with Crippen molar-refractivity contribution in [3.8, 4) is 17.4 Å². The normalized spacial score (nSPS) is 12.4. The van der Waals surface area contributed by atoms with E-state index in [0.717, 1.165) is 49.1 Å². The molecule has 2 aromatic heterocycles. The zero-order valence-corrected chi connectivity index (χ0v) is 16.3. The van der Waals surface area contributed by atoms with Crippen molar-refractivity contribution in [2.75, 3.05) is 31.8 Å². The number of ether oxygens (including phenoxy) is 2. The van der Waals surface area contributed by atoms with Gasteiger partial charge >= 0.3 is 0 Å². The molecule has 0 spiro atoms. The van der Waals surface area contributed by atoms with Crippen LogP contribution in [0.5, 0.6) is 11.5 Å². The molecule has 1 N–H and O–H groups in total. The lowest BCUT2D eigenvalue weighted by Gasteiger charge is -2.19. The summed E-state index contributed by atoms with van der Waals surface area (Å²) in [6.07, 6.45) is 4.93. The fourth-order valence-electron chi connectivity index (χ4n) is 3.15. The molecule has 4 rings (SSSR count). The SMILES string of the molecule is Cc1cc(N(C)CCCNCc2ccc3c(c2)OCO3)nc(-n2cccc2)n1. The van der Waals surface area contributed by atoms with E-state index in [-0.39, 0.29) is 0 Å². The summed E-state index contributed by atoms with van der Waals surface area (Å²) in [5.41, 5.74) is 2.15. The molecule has 0 aliphatic carbocycles. The van der Waals surface area contributed by atoms with Crippen molar-refractivity contribution in [3.05, 3.63) is 60.0 Å². The molecule has 0 saturated carbocycles. The number of nitrogens with one attached hydrogen (secondary N) is 1. The van der Waals surface area contributed by atoms with Crippen LogP contribution in [0.25, 0.3) is 5.95 Å². The van der Waals surface area contributed by atoms with E-state index in [2.05, 4.69) is 33.3 Å². The van der Waals surface area contributed by atoms with E-state index in [1.54, 1.807) is 0 Å². The number of nitrogens with zero attached hydrogens (tertiary/aromatic N) is 4. The Bertz CT molecular complexity index is 927. The van der Waals surface area contributed by atoms with Gasteiger partial charge in [0.05, 0.1) is 0 Å². The van der Waals surface area contributed by atoms with E-state index < -0.39 is 0 Å². The minimum atomic E-state index is 0.313. The maximum Gasteiger partial charge on any atom is 0.235 e. The summed E-state index contributed by atoms with van der Waals surface area (Å²) in [5, 5.41) is 3.48. The predicted octanol–water partition coefficient (Wildman–Crippen LogP) is 2.92. The Hall–Kier alpha value is -3.06. The Morgan fingerprint density at radius 2 is 1.93 bits per heavy atom. The Morgan fingerprint density at radius 3 is 2.79 bits per heavy atom. The first-order valence-corrected chi connectivity index (χ1v) is 9.48. The fraction of sp³-hybridized carbons (Fsp3) is 0.333. The predicted molar refractivity (Wildman–Crippen MR) is 108 cm³/mol. The largest absolute Gasteiger partial charge is 0.454 e. The van der Waals surface area contributed by atoms with E-state index in [1.807, 2.05) is 54.2 Å². The minimum absolute atomic E-state index is 0.313. The molecule has 28 heavy (non-hydrogen) atoms. The van der Waals surface area contributed by atoms with E-state index in [9.17, 15) is 0 Å². The second kappa shape index (κ2) is 8.31. The lowest BCUT2D eigenvalue weighted by Crippen LogP contribution is -2.25. The highest BCUT2D eigenvalue weighted by Gasteiger charge is 2.13. The van der Waals surface area contributed by atoms with Gasteiger partial charge in [-0.25, -0.2) is 4.98 Å². The van der Waals surface area contributed by atoms with E-state index in [1.165, 1.54) is 5.56 Å². The van der Waals surface area contributed by atoms with Crippen molar-refractivity contribution < 1.29 is 9.47 Å². The van der Waals surface area contributed by atoms with Crippen LogP contribution in [0.4, 0.5) is 5.82 Å². The van der Waals surface area contributed by atoms with Crippen molar-refractivity contribution in [2.24, 2.45) is 0 Å². The second-order valence-electron chi connectivity index (χ2n) is 6.90. The fourth-order valence-corrected chi connectivity index (χ4v) is 3.15. The van der Waals surface area contributed by atoms with Gasteiger partial charge in [0.1, 0.15) is 5.82 Å². The molecule has 3 aromatic rings. The van der Waals surface area contributed by atoms with Gasteiger partial charge in [-0.05, 0) is 49.7 Å². The van der Waals surface area contributed by atoms with Crippen LogP contribution in [-0.4, -0.2) is 41.5 Å². The highest BCUT2D eigenvalue weighted by Crippen LogP contribution is 2.32. The molecule has 0 fully saturated rings. The third-order valence-corrected chi connectivity index (χ3v) is 4.67. The van der Waals surface area contributed by atoms with Crippen LogP contribution in [0.2, 0.25) is 0 Å². The molecule has 0 unspecified atom stereocenters. The van der Waals surface area contributed by atoms with Crippen molar-refractivity contribution in [1.29, 1.82) is 0 Å². The van der Waals surface area contributed by atoms with Gasteiger partial charge in [-0.15, -0.1) is 0 Å². The summed E-state index contributed by atoms with van der Waals surface area (Å²) >= 11 is 0. The first-order valence-electron chi connectivity index (χ1n) is 9.48. The van der Waals surface area contributed by atoms with Gasteiger partial charge < -0.3 is 19.7 Å². The third-order valence-electron chi connectivity index (χ3n) is 4.67. The summed E-state index contributed by atoms with van der Waals surface area (Å²) < 4.78 is 12.7. The molecule has 0 radical (unpaired) electrons. The Morgan fingerprint density at radius 1 is 1.11 bits per heavy atom. The molecule has 146 valence electrons. The molecule has 0 bridgehead atoms. The molecule has 3 heterocycles. The number of anilines is 1. The van der Waals surface area contributed by atoms with Gasteiger partial charge in [-0.2, -0.15) is 4.98 Å². The average Bonchev–Trinajstić information content (AvgIpc) is 3.38. The Kier molecular flexibility index (Phi) is 5.43. The van der Waals surface area contributed by atoms with Crippen LogP contribution in [0.3, 0.4) is 0 Å². The lowest BCUT2D eigenvalue weighted by atomic mass is 10.2. The van der Waals surface area contributed by atoms with Crippen LogP contribution in [0.15, 0.2) is 48.8 Å². The average molecular weight is 379 g/mol. The zero-order valence-electron chi connectivity index (χ0n) is 16.3. The Labute approximate surface area is 164 Å². The topological polar surface area (TPSA) is 64.4 Å². The molecule has 1 aromatic carbocycles. The lowest BCUT2D eigenvalue weighted by molar-refractivity contribution is 0.174. The van der Waals surface area contributed by atoms with Gasteiger partial charge in [0.15, 0.2) is 11.5 Å². The summed E-state index contributed by atoms with van der Waals surface area (Å²) in [6.45, 7) is 4.96. The van der Waals surface area contributed by atoms with Crippen molar-refractivity contribution in [3.63, 3.8) is 0 Å². The van der Waals surface area contributed by atoms with Crippen molar-refractivity contribution in [1.82, 2.24) is 19.9 Å². The van der Waals surface area contributed by atoms with Gasteiger partial charge in [-0.3, -0.25) is 4.57 Å². The molecule has 0 atom stereocenters.